The highest BCUT2D eigenvalue weighted by Gasteiger charge is 2.41. The fourth-order valence-corrected chi connectivity index (χ4v) is 4.89. The van der Waals surface area contributed by atoms with E-state index in [9.17, 15) is 0 Å². The molecular weight excluding hydrogens is 294 g/mol. The van der Waals surface area contributed by atoms with Gasteiger partial charge < -0.3 is 15.4 Å². The summed E-state index contributed by atoms with van der Waals surface area (Å²) in [5, 5.41) is 7.76. The van der Waals surface area contributed by atoms with Gasteiger partial charge in [0.2, 0.25) is 0 Å². The molecule has 5 heteroatoms. The van der Waals surface area contributed by atoms with Crippen molar-refractivity contribution in [1.82, 2.24) is 15.5 Å². The molecule has 0 aromatic rings. The first-order chi connectivity index (χ1) is 10.7. The predicted molar refractivity (Wildman–Crippen MR) is 94.0 cm³/mol. The van der Waals surface area contributed by atoms with Crippen LogP contribution in [0.1, 0.15) is 39.0 Å². The van der Waals surface area contributed by atoms with Gasteiger partial charge in [0.05, 0.1) is 13.2 Å². The molecule has 0 unspecified atom stereocenters. The molecule has 126 valence electrons. The summed E-state index contributed by atoms with van der Waals surface area (Å²) in [6, 6.07) is 0.523. The van der Waals surface area contributed by atoms with Gasteiger partial charge in [-0.05, 0) is 69.1 Å². The van der Waals surface area contributed by atoms with Crippen molar-refractivity contribution in [3.05, 3.63) is 0 Å². The molecule has 0 amide bonds. The van der Waals surface area contributed by atoms with Gasteiger partial charge in [0.15, 0.2) is 5.11 Å². The lowest BCUT2D eigenvalue weighted by Gasteiger charge is -2.29. The summed E-state index contributed by atoms with van der Waals surface area (Å²) in [4.78, 5) is 2.47. The number of nitrogens with one attached hydrogen (secondary N) is 2. The van der Waals surface area contributed by atoms with E-state index >= 15 is 0 Å². The van der Waals surface area contributed by atoms with Gasteiger partial charge in [0.1, 0.15) is 0 Å². The molecule has 1 aliphatic heterocycles. The number of rotatable bonds is 6. The minimum Gasteiger partial charge on any atom is -0.379 e. The van der Waals surface area contributed by atoms with E-state index in [1.807, 2.05) is 0 Å². The lowest BCUT2D eigenvalue weighted by molar-refractivity contribution is 0.0376. The van der Waals surface area contributed by atoms with E-state index < -0.39 is 0 Å². The molecule has 0 spiro atoms. The number of fused-ring (bicyclic) bond motifs is 2. The smallest absolute Gasteiger partial charge is 0.166 e. The van der Waals surface area contributed by atoms with Crippen molar-refractivity contribution in [2.75, 3.05) is 39.4 Å². The Morgan fingerprint density at radius 3 is 2.77 bits per heavy atom. The van der Waals surface area contributed by atoms with Crippen molar-refractivity contribution in [3.63, 3.8) is 0 Å². The molecular formula is C17H31N3OS. The molecule has 0 aromatic heterocycles. The van der Waals surface area contributed by atoms with Crippen molar-refractivity contribution < 1.29 is 4.74 Å². The van der Waals surface area contributed by atoms with Crippen LogP contribution in [0, 0.1) is 17.8 Å². The third-order valence-corrected chi connectivity index (χ3v) is 6.10. The van der Waals surface area contributed by atoms with Gasteiger partial charge in [-0.2, -0.15) is 0 Å². The molecule has 1 saturated heterocycles. The molecule has 3 rings (SSSR count). The molecule has 4 atom stereocenters. The first-order valence-corrected chi connectivity index (χ1v) is 9.47. The Morgan fingerprint density at radius 1 is 1.27 bits per heavy atom. The number of thiocarbonyl (C=S) groups is 1. The van der Waals surface area contributed by atoms with Crippen LogP contribution >= 0.6 is 12.2 Å². The van der Waals surface area contributed by atoms with Gasteiger partial charge in [0, 0.05) is 25.7 Å². The Bertz CT molecular complexity index is 373. The fourth-order valence-electron chi connectivity index (χ4n) is 4.60. The minimum atomic E-state index is 0.523. The second-order valence-corrected chi connectivity index (χ2v) is 7.74. The summed E-state index contributed by atoms with van der Waals surface area (Å²) in [7, 11) is 0. The predicted octanol–water partition coefficient (Wildman–Crippen LogP) is 2.00. The quantitative estimate of drug-likeness (QED) is 0.577. The highest BCUT2D eigenvalue weighted by Crippen LogP contribution is 2.49. The normalized spacial score (nSPS) is 32.9. The average molecular weight is 326 g/mol. The van der Waals surface area contributed by atoms with Crippen LogP contribution in [-0.2, 0) is 4.74 Å². The fraction of sp³-hybridized carbons (Fsp3) is 0.941. The first-order valence-electron chi connectivity index (χ1n) is 9.07. The van der Waals surface area contributed by atoms with Crippen LogP contribution in [0.2, 0.25) is 0 Å². The number of hydrogen-bond acceptors (Lipinski definition) is 3. The van der Waals surface area contributed by atoms with Crippen LogP contribution in [0.4, 0.5) is 0 Å². The van der Waals surface area contributed by atoms with Crippen LogP contribution in [0.5, 0.6) is 0 Å². The monoisotopic (exact) mass is 325 g/mol. The summed E-state index contributed by atoms with van der Waals surface area (Å²) in [5.74, 6) is 2.80. The molecule has 2 bridgehead atoms. The zero-order chi connectivity index (χ0) is 15.4. The summed E-state index contributed by atoms with van der Waals surface area (Å²) >= 11 is 5.47. The molecule has 4 nitrogen and oxygen atoms in total. The van der Waals surface area contributed by atoms with Crippen molar-refractivity contribution in [2.24, 2.45) is 17.8 Å². The topological polar surface area (TPSA) is 36.5 Å². The highest BCUT2D eigenvalue weighted by atomic mass is 32.1. The molecule has 1 heterocycles. The van der Waals surface area contributed by atoms with Gasteiger partial charge in [-0.15, -0.1) is 0 Å². The summed E-state index contributed by atoms with van der Waals surface area (Å²) < 4.78 is 5.37. The third kappa shape index (κ3) is 4.33. The van der Waals surface area contributed by atoms with Crippen LogP contribution in [0.15, 0.2) is 0 Å². The van der Waals surface area contributed by atoms with E-state index in [1.54, 1.807) is 0 Å². The SMILES string of the molecule is C[C@H](NC(=S)NCCCN1CCOCC1)[C@H]1C[C@H]2CC[C@H]1C2. The molecule has 22 heavy (non-hydrogen) atoms. The van der Waals surface area contributed by atoms with E-state index in [0.29, 0.717) is 6.04 Å². The van der Waals surface area contributed by atoms with Crippen LogP contribution in [-0.4, -0.2) is 55.4 Å². The Kier molecular flexibility index (Phi) is 5.94. The van der Waals surface area contributed by atoms with Crippen molar-refractivity contribution in [1.29, 1.82) is 0 Å². The van der Waals surface area contributed by atoms with Crippen molar-refractivity contribution in [2.45, 2.75) is 45.1 Å². The summed E-state index contributed by atoms with van der Waals surface area (Å²) in [6.07, 6.45) is 6.94. The van der Waals surface area contributed by atoms with E-state index in [2.05, 4.69) is 22.5 Å². The van der Waals surface area contributed by atoms with Gasteiger partial charge in [-0.3, -0.25) is 4.90 Å². The second kappa shape index (κ2) is 7.93. The maximum absolute atomic E-state index is 5.47. The van der Waals surface area contributed by atoms with Crippen molar-refractivity contribution >= 4 is 17.3 Å². The maximum Gasteiger partial charge on any atom is 0.166 e. The maximum atomic E-state index is 5.47. The number of ether oxygens (including phenoxy) is 1. The largest absolute Gasteiger partial charge is 0.379 e. The lowest BCUT2D eigenvalue weighted by atomic mass is 9.84. The zero-order valence-corrected chi connectivity index (χ0v) is 14.7. The van der Waals surface area contributed by atoms with Gasteiger partial charge >= 0.3 is 0 Å². The molecule has 2 N–H and O–H groups in total. The van der Waals surface area contributed by atoms with E-state index in [0.717, 1.165) is 68.7 Å². The van der Waals surface area contributed by atoms with Gasteiger partial charge in [0.25, 0.3) is 0 Å². The number of hydrogen-bond donors (Lipinski definition) is 2. The van der Waals surface area contributed by atoms with E-state index in [1.165, 1.54) is 25.7 Å². The molecule has 3 aliphatic rings. The minimum absolute atomic E-state index is 0.523. The van der Waals surface area contributed by atoms with Crippen molar-refractivity contribution in [3.8, 4) is 0 Å². The van der Waals surface area contributed by atoms with Crippen LogP contribution in [0.25, 0.3) is 0 Å². The summed E-state index contributed by atoms with van der Waals surface area (Å²) in [5.41, 5.74) is 0. The van der Waals surface area contributed by atoms with Crippen LogP contribution < -0.4 is 10.6 Å². The molecule has 2 aliphatic carbocycles. The van der Waals surface area contributed by atoms with E-state index in [4.69, 9.17) is 17.0 Å². The molecule has 2 saturated carbocycles. The lowest BCUT2D eigenvalue weighted by Crippen LogP contribution is -2.45. The first kappa shape index (κ1) is 16.5. The average Bonchev–Trinajstić information content (AvgIpc) is 3.15. The summed E-state index contributed by atoms with van der Waals surface area (Å²) in [6.45, 7) is 8.33. The third-order valence-electron chi connectivity index (χ3n) is 5.83. The number of nitrogens with zero attached hydrogens (tertiary/aromatic N) is 1. The Morgan fingerprint density at radius 2 is 2.09 bits per heavy atom. The molecule has 0 radical (unpaired) electrons. The van der Waals surface area contributed by atoms with Crippen LogP contribution in [0.3, 0.4) is 0 Å². The Hall–Kier alpha value is -0.390. The standard InChI is InChI=1S/C17H31N3OS/c1-13(16-12-14-3-4-15(16)11-14)19-17(22)18-5-2-6-20-7-9-21-10-8-20/h13-16H,2-12H2,1H3,(H2,18,19,22)/t13-,14-,15-,16+/m0/s1. The van der Waals surface area contributed by atoms with Gasteiger partial charge in [-0.1, -0.05) is 6.42 Å². The highest BCUT2D eigenvalue weighted by molar-refractivity contribution is 7.80. The Balaban J connectivity index is 1.27. The van der Waals surface area contributed by atoms with Gasteiger partial charge in [-0.25, -0.2) is 0 Å². The molecule has 0 aromatic carbocycles. The molecule has 3 fully saturated rings. The number of morpholine rings is 1. The van der Waals surface area contributed by atoms with E-state index in [-0.39, 0.29) is 0 Å². The Labute approximate surface area is 140 Å². The zero-order valence-electron chi connectivity index (χ0n) is 13.9. The second-order valence-electron chi connectivity index (χ2n) is 7.34.